The van der Waals surface area contributed by atoms with E-state index in [2.05, 4.69) is 34.0 Å². The number of hydrogen-bond acceptors (Lipinski definition) is 7. The molecule has 0 radical (unpaired) electrons. The lowest BCUT2D eigenvalue weighted by molar-refractivity contribution is 0.405. The summed E-state index contributed by atoms with van der Waals surface area (Å²) in [5.74, 6) is 1.62. The topological polar surface area (TPSA) is 80.1 Å². The van der Waals surface area contributed by atoms with E-state index in [9.17, 15) is 5.26 Å². The lowest BCUT2D eigenvalue weighted by atomic mass is 10.1. The van der Waals surface area contributed by atoms with E-state index in [0.717, 1.165) is 16.1 Å². The Morgan fingerprint density at radius 3 is 2.58 bits per heavy atom. The maximum atomic E-state index is 9.25. The van der Waals surface area contributed by atoms with Crippen LogP contribution in [0.2, 0.25) is 0 Å². The first-order valence-electron chi connectivity index (χ1n) is 7.70. The summed E-state index contributed by atoms with van der Waals surface area (Å²) in [5, 5.41) is 12.4. The minimum Gasteiger partial charge on any atom is -0.496 e. The van der Waals surface area contributed by atoms with Crippen LogP contribution in [0.15, 0.2) is 53.6 Å². The van der Waals surface area contributed by atoms with Gasteiger partial charge in [-0.3, -0.25) is 0 Å². The SMILES string of the molecule is COc1cc(Nc2nccc(-c3ccc(OC)c(C#N)c3)n2)ccc1S. The van der Waals surface area contributed by atoms with Crippen LogP contribution in [0.1, 0.15) is 5.56 Å². The van der Waals surface area contributed by atoms with Gasteiger partial charge in [-0.15, -0.1) is 12.6 Å². The third kappa shape index (κ3) is 3.71. The molecule has 2 aromatic carbocycles. The highest BCUT2D eigenvalue weighted by atomic mass is 32.1. The van der Waals surface area contributed by atoms with Gasteiger partial charge in [-0.25, -0.2) is 9.97 Å². The number of thiol groups is 1. The third-order valence-electron chi connectivity index (χ3n) is 3.71. The van der Waals surface area contributed by atoms with Crippen LogP contribution in [0.5, 0.6) is 11.5 Å². The molecule has 0 spiro atoms. The van der Waals surface area contributed by atoms with Crippen molar-refractivity contribution in [1.29, 1.82) is 5.26 Å². The summed E-state index contributed by atoms with van der Waals surface area (Å²) in [6.07, 6.45) is 1.66. The van der Waals surface area contributed by atoms with Gasteiger partial charge in [0.1, 0.15) is 17.6 Å². The van der Waals surface area contributed by atoms with Gasteiger partial charge in [-0.05, 0) is 36.4 Å². The molecule has 0 fully saturated rings. The van der Waals surface area contributed by atoms with Gasteiger partial charge in [0.25, 0.3) is 0 Å². The molecule has 1 aromatic heterocycles. The Morgan fingerprint density at radius 1 is 1.04 bits per heavy atom. The average molecular weight is 364 g/mol. The van der Waals surface area contributed by atoms with Crippen LogP contribution in [0.3, 0.4) is 0 Å². The van der Waals surface area contributed by atoms with E-state index >= 15 is 0 Å². The highest BCUT2D eigenvalue weighted by molar-refractivity contribution is 7.80. The van der Waals surface area contributed by atoms with Gasteiger partial charge in [-0.2, -0.15) is 5.26 Å². The summed E-state index contributed by atoms with van der Waals surface area (Å²) in [6, 6.07) is 14.8. The Labute approximate surface area is 156 Å². The van der Waals surface area contributed by atoms with E-state index in [0.29, 0.717) is 28.7 Å². The second-order valence-electron chi connectivity index (χ2n) is 5.30. The average Bonchev–Trinajstić information content (AvgIpc) is 2.69. The minimum atomic E-state index is 0.436. The number of benzene rings is 2. The van der Waals surface area contributed by atoms with Crippen LogP contribution in [0.4, 0.5) is 11.6 Å². The molecule has 0 saturated carbocycles. The highest BCUT2D eigenvalue weighted by Crippen LogP contribution is 2.28. The zero-order valence-electron chi connectivity index (χ0n) is 14.2. The molecule has 0 aliphatic carbocycles. The normalized spacial score (nSPS) is 10.1. The zero-order chi connectivity index (χ0) is 18.5. The quantitative estimate of drug-likeness (QED) is 0.665. The Hall–Kier alpha value is -3.24. The smallest absolute Gasteiger partial charge is 0.227 e. The fraction of sp³-hybridized carbons (Fsp3) is 0.105. The number of nitrogens with one attached hydrogen (secondary N) is 1. The van der Waals surface area contributed by atoms with Crippen molar-refractivity contribution in [3.8, 4) is 28.8 Å². The van der Waals surface area contributed by atoms with Crippen LogP contribution >= 0.6 is 12.6 Å². The lowest BCUT2D eigenvalue weighted by Crippen LogP contribution is -1.99. The van der Waals surface area contributed by atoms with Crippen molar-refractivity contribution in [1.82, 2.24) is 9.97 Å². The maximum absolute atomic E-state index is 9.25. The molecular formula is C19H16N4O2S. The van der Waals surface area contributed by atoms with Gasteiger partial charge in [-0.1, -0.05) is 0 Å². The number of hydrogen-bond donors (Lipinski definition) is 2. The molecule has 0 aliphatic rings. The molecule has 0 bridgehead atoms. The fourth-order valence-corrected chi connectivity index (χ4v) is 2.65. The Morgan fingerprint density at radius 2 is 1.85 bits per heavy atom. The van der Waals surface area contributed by atoms with Crippen LogP contribution in [-0.4, -0.2) is 24.2 Å². The molecule has 0 saturated heterocycles. The van der Waals surface area contributed by atoms with E-state index in [-0.39, 0.29) is 0 Å². The van der Waals surface area contributed by atoms with E-state index in [4.69, 9.17) is 9.47 Å². The van der Waals surface area contributed by atoms with Gasteiger partial charge >= 0.3 is 0 Å². The summed E-state index contributed by atoms with van der Waals surface area (Å²) in [6.45, 7) is 0. The van der Waals surface area contributed by atoms with Crippen molar-refractivity contribution in [2.45, 2.75) is 4.90 Å². The Bertz CT molecular complexity index is 986. The fourth-order valence-electron chi connectivity index (χ4n) is 2.42. The molecule has 0 atom stereocenters. The molecule has 7 heteroatoms. The molecule has 1 N–H and O–H groups in total. The van der Waals surface area contributed by atoms with Gasteiger partial charge in [0.15, 0.2) is 0 Å². The number of aromatic nitrogens is 2. The van der Waals surface area contributed by atoms with Crippen LogP contribution in [0.25, 0.3) is 11.3 Å². The summed E-state index contributed by atoms with van der Waals surface area (Å²) >= 11 is 4.33. The second-order valence-corrected chi connectivity index (χ2v) is 5.79. The Kier molecular flexibility index (Phi) is 5.25. The zero-order valence-corrected chi connectivity index (χ0v) is 15.1. The summed E-state index contributed by atoms with van der Waals surface area (Å²) in [4.78, 5) is 9.50. The third-order valence-corrected chi connectivity index (χ3v) is 4.08. The van der Waals surface area contributed by atoms with Gasteiger partial charge in [0.2, 0.25) is 5.95 Å². The van der Waals surface area contributed by atoms with Crippen LogP contribution in [0, 0.1) is 11.3 Å². The van der Waals surface area contributed by atoms with Crippen LogP contribution < -0.4 is 14.8 Å². The van der Waals surface area contributed by atoms with Gasteiger partial charge in [0.05, 0.1) is 25.5 Å². The molecule has 6 nitrogen and oxygen atoms in total. The first-order chi connectivity index (χ1) is 12.6. The number of anilines is 2. The molecule has 3 rings (SSSR count). The summed E-state index contributed by atoms with van der Waals surface area (Å²) < 4.78 is 10.4. The van der Waals surface area contributed by atoms with Crippen molar-refractivity contribution in [2.75, 3.05) is 19.5 Å². The molecule has 26 heavy (non-hydrogen) atoms. The van der Waals surface area contributed by atoms with Gasteiger partial charge in [0, 0.05) is 28.4 Å². The number of methoxy groups -OCH3 is 2. The summed E-state index contributed by atoms with van der Waals surface area (Å²) in [7, 11) is 3.12. The molecule has 0 unspecified atom stereocenters. The minimum absolute atomic E-state index is 0.436. The number of rotatable bonds is 5. The Balaban J connectivity index is 1.90. The maximum Gasteiger partial charge on any atom is 0.227 e. The highest BCUT2D eigenvalue weighted by Gasteiger charge is 2.08. The predicted octanol–water partition coefficient (Wildman–Crippen LogP) is 4.06. The van der Waals surface area contributed by atoms with Crippen LogP contribution in [-0.2, 0) is 0 Å². The van der Waals surface area contributed by atoms with Gasteiger partial charge < -0.3 is 14.8 Å². The second kappa shape index (κ2) is 7.76. The lowest BCUT2D eigenvalue weighted by Gasteiger charge is -2.10. The van der Waals surface area contributed by atoms with Crippen molar-refractivity contribution in [2.24, 2.45) is 0 Å². The monoisotopic (exact) mass is 364 g/mol. The van der Waals surface area contributed by atoms with Crippen molar-refractivity contribution >= 4 is 24.3 Å². The molecule has 1 heterocycles. The van der Waals surface area contributed by atoms with E-state index in [1.165, 1.54) is 7.11 Å². The first kappa shape index (κ1) is 17.6. The van der Waals surface area contributed by atoms with E-state index in [1.54, 1.807) is 31.5 Å². The van der Waals surface area contributed by atoms with Crippen molar-refractivity contribution in [3.63, 3.8) is 0 Å². The first-order valence-corrected chi connectivity index (χ1v) is 8.15. The molecule has 130 valence electrons. The largest absolute Gasteiger partial charge is 0.496 e. The molecule has 0 aliphatic heterocycles. The number of nitriles is 1. The molecule has 3 aromatic rings. The molecule has 0 amide bonds. The molecular weight excluding hydrogens is 348 g/mol. The number of ether oxygens (including phenoxy) is 2. The van der Waals surface area contributed by atoms with Crippen molar-refractivity contribution in [3.05, 3.63) is 54.2 Å². The standard InChI is InChI=1S/C19H16N4O2S/c1-24-16-5-3-12(9-13(16)11-20)15-7-8-21-19(23-15)22-14-4-6-18(26)17(10-14)25-2/h3-10,26H,1-2H3,(H,21,22,23). The van der Waals surface area contributed by atoms with Crippen molar-refractivity contribution < 1.29 is 9.47 Å². The van der Waals surface area contributed by atoms with E-state index in [1.807, 2.05) is 24.3 Å². The summed E-state index contributed by atoms with van der Waals surface area (Å²) in [5.41, 5.74) is 2.73. The predicted molar refractivity (Wildman–Crippen MR) is 102 cm³/mol. The van der Waals surface area contributed by atoms with E-state index < -0.39 is 0 Å². The number of nitrogens with zero attached hydrogens (tertiary/aromatic N) is 3.